The number of rotatable bonds is 7. The van der Waals surface area contributed by atoms with Crippen LogP contribution in [0, 0.1) is 11.3 Å². The van der Waals surface area contributed by atoms with Crippen molar-refractivity contribution >= 4 is 10.0 Å². The normalized spacial score (nSPS) is 12.9. The fourth-order valence-corrected chi connectivity index (χ4v) is 3.06. The minimum Gasteiger partial charge on any atom is -0.380 e. The van der Waals surface area contributed by atoms with Crippen molar-refractivity contribution in [1.82, 2.24) is 4.72 Å². The number of hydrogen-bond donors (Lipinski definition) is 1. The summed E-state index contributed by atoms with van der Waals surface area (Å²) >= 11 is 0. The molecule has 1 atom stereocenters. The van der Waals surface area contributed by atoms with Crippen molar-refractivity contribution in [3.05, 3.63) is 35.4 Å². The number of hydrogen-bond acceptors (Lipinski definition) is 4. The van der Waals surface area contributed by atoms with Crippen LogP contribution < -0.4 is 4.72 Å². The van der Waals surface area contributed by atoms with E-state index in [-0.39, 0.29) is 11.8 Å². The highest BCUT2D eigenvalue weighted by atomic mass is 32.2. The second kappa shape index (κ2) is 7.24. The monoisotopic (exact) mass is 282 g/mol. The summed E-state index contributed by atoms with van der Waals surface area (Å²) in [4.78, 5) is 0. The Balaban J connectivity index is 2.72. The lowest BCUT2D eigenvalue weighted by molar-refractivity contribution is 0.133. The van der Waals surface area contributed by atoms with Crippen LogP contribution in [0.4, 0.5) is 0 Å². The Bertz CT molecular complexity index is 549. The van der Waals surface area contributed by atoms with Crippen LogP contribution in [0.5, 0.6) is 0 Å². The zero-order valence-corrected chi connectivity index (χ0v) is 11.9. The Hall–Kier alpha value is -1.42. The first-order valence-corrected chi connectivity index (χ1v) is 7.69. The molecule has 1 unspecified atom stereocenters. The predicted molar refractivity (Wildman–Crippen MR) is 72.9 cm³/mol. The van der Waals surface area contributed by atoms with E-state index in [1.54, 1.807) is 31.2 Å². The van der Waals surface area contributed by atoms with E-state index in [4.69, 9.17) is 10.00 Å². The van der Waals surface area contributed by atoms with Gasteiger partial charge in [0, 0.05) is 12.6 Å². The molecule has 0 radical (unpaired) electrons. The third kappa shape index (κ3) is 5.39. The molecule has 1 aromatic rings. The lowest BCUT2D eigenvalue weighted by Crippen LogP contribution is -2.36. The van der Waals surface area contributed by atoms with Crippen molar-refractivity contribution in [2.24, 2.45) is 0 Å². The second-order valence-electron chi connectivity index (χ2n) is 4.21. The van der Waals surface area contributed by atoms with E-state index in [0.29, 0.717) is 24.3 Å². The molecular formula is C13H18N2O3S. The topological polar surface area (TPSA) is 79.2 Å². The van der Waals surface area contributed by atoms with Gasteiger partial charge in [-0.3, -0.25) is 0 Å². The van der Waals surface area contributed by atoms with E-state index in [2.05, 4.69) is 4.72 Å². The van der Waals surface area contributed by atoms with Gasteiger partial charge in [0.2, 0.25) is 10.0 Å². The summed E-state index contributed by atoms with van der Waals surface area (Å²) in [5, 5.41) is 8.93. The molecule has 0 aliphatic carbocycles. The number of benzene rings is 1. The van der Waals surface area contributed by atoms with Gasteiger partial charge in [-0.1, -0.05) is 18.2 Å². The maximum absolute atomic E-state index is 12.0. The maximum Gasteiger partial charge on any atom is 0.216 e. The van der Waals surface area contributed by atoms with Crippen LogP contribution in [0.15, 0.2) is 24.3 Å². The molecule has 104 valence electrons. The first-order chi connectivity index (χ1) is 8.98. The predicted octanol–water partition coefficient (Wildman–Crippen LogP) is 1.40. The number of ether oxygens (including phenoxy) is 1. The van der Waals surface area contributed by atoms with Gasteiger partial charge in [-0.05, 0) is 25.5 Å². The smallest absolute Gasteiger partial charge is 0.216 e. The highest BCUT2D eigenvalue weighted by Gasteiger charge is 2.17. The molecule has 6 heteroatoms. The molecule has 0 aromatic heterocycles. The average Bonchev–Trinajstić information content (AvgIpc) is 2.36. The van der Waals surface area contributed by atoms with Crippen LogP contribution in [-0.4, -0.2) is 27.7 Å². The highest BCUT2D eigenvalue weighted by molar-refractivity contribution is 7.88. The molecule has 1 rings (SSSR count). The molecule has 0 fully saturated rings. The third-order valence-electron chi connectivity index (χ3n) is 2.44. The fourth-order valence-electron chi connectivity index (χ4n) is 1.64. The number of nitriles is 1. The van der Waals surface area contributed by atoms with Crippen molar-refractivity contribution in [3.63, 3.8) is 0 Å². The number of sulfonamides is 1. The Morgan fingerprint density at radius 1 is 1.42 bits per heavy atom. The molecule has 19 heavy (non-hydrogen) atoms. The van der Waals surface area contributed by atoms with Gasteiger partial charge >= 0.3 is 0 Å². The molecular weight excluding hydrogens is 264 g/mol. The van der Waals surface area contributed by atoms with Gasteiger partial charge in [0.25, 0.3) is 0 Å². The molecule has 0 bridgehead atoms. The van der Waals surface area contributed by atoms with Gasteiger partial charge in [0.15, 0.2) is 0 Å². The zero-order chi connectivity index (χ0) is 14.3. The molecule has 0 aliphatic rings. The quantitative estimate of drug-likeness (QED) is 0.820. The summed E-state index contributed by atoms with van der Waals surface area (Å²) in [5.41, 5.74) is 0.881. The van der Waals surface area contributed by atoms with Gasteiger partial charge in [0.05, 0.1) is 24.0 Å². The summed E-state index contributed by atoms with van der Waals surface area (Å²) in [5.74, 6) is -0.201. The lowest BCUT2D eigenvalue weighted by Gasteiger charge is -2.14. The summed E-state index contributed by atoms with van der Waals surface area (Å²) in [7, 11) is -3.48. The standard InChI is InChI=1S/C13H18N2O3S/c1-3-18-9-11(2)15-19(16,17)10-13-7-5-4-6-12(13)8-14/h4-7,11,15H,3,9-10H2,1-2H3. The Morgan fingerprint density at radius 3 is 2.74 bits per heavy atom. The SMILES string of the molecule is CCOCC(C)NS(=O)(=O)Cc1ccccc1C#N. The van der Waals surface area contributed by atoms with E-state index in [0.717, 1.165) is 0 Å². The minimum absolute atomic E-state index is 0.201. The highest BCUT2D eigenvalue weighted by Crippen LogP contribution is 2.11. The van der Waals surface area contributed by atoms with E-state index in [1.807, 2.05) is 13.0 Å². The summed E-state index contributed by atoms with van der Waals surface area (Å²) in [6, 6.07) is 8.37. The summed E-state index contributed by atoms with van der Waals surface area (Å²) < 4.78 is 31.6. The van der Waals surface area contributed by atoms with Gasteiger partial charge in [-0.15, -0.1) is 0 Å². The van der Waals surface area contributed by atoms with Crippen LogP contribution in [0.25, 0.3) is 0 Å². The minimum atomic E-state index is -3.48. The van der Waals surface area contributed by atoms with Crippen LogP contribution in [0.3, 0.4) is 0 Å². The largest absolute Gasteiger partial charge is 0.380 e. The molecule has 5 nitrogen and oxygen atoms in total. The molecule has 0 spiro atoms. The van der Waals surface area contributed by atoms with Gasteiger partial charge in [-0.25, -0.2) is 13.1 Å². The number of nitrogens with zero attached hydrogens (tertiary/aromatic N) is 1. The van der Waals surface area contributed by atoms with Gasteiger partial charge in [0.1, 0.15) is 0 Å². The first kappa shape index (κ1) is 15.6. The van der Waals surface area contributed by atoms with Crippen molar-refractivity contribution < 1.29 is 13.2 Å². The summed E-state index contributed by atoms with van der Waals surface area (Å²) in [6.07, 6.45) is 0. The average molecular weight is 282 g/mol. The van der Waals surface area contributed by atoms with E-state index in [1.165, 1.54) is 0 Å². The van der Waals surface area contributed by atoms with Crippen LogP contribution in [-0.2, 0) is 20.5 Å². The van der Waals surface area contributed by atoms with Crippen LogP contribution in [0.1, 0.15) is 25.0 Å². The van der Waals surface area contributed by atoms with E-state index >= 15 is 0 Å². The van der Waals surface area contributed by atoms with Crippen molar-refractivity contribution in [2.45, 2.75) is 25.6 Å². The van der Waals surface area contributed by atoms with Crippen molar-refractivity contribution in [2.75, 3.05) is 13.2 Å². The molecule has 1 aromatic carbocycles. The fraction of sp³-hybridized carbons (Fsp3) is 0.462. The third-order valence-corrected chi connectivity index (χ3v) is 3.89. The van der Waals surface area contributed by atoms with Crippen LogP contribution in [0.2, 0.25) is 0 Å². The molecule has 0 saturated heterocycles. The molecule has 0 saturated carbocycles. The van der Waals surface area contributed by atoms with Gasteiger partial charge < -0.3 is 4.74 Å². The van der Waals surface area contributed by atoms with E-state index in [9.17, 15) is 8.42 Å². The van der Waals surface area contributed by atoms with Crippen molar-refractivity contribution in [1.29, 1.82) is 5.26 Å². The van der Waals surface area contributed by atoms with Gasteiger partial charge in [-0.2, -0.15) is 5.26 Å². The van der Waals surface area contributed by atoms with Crippen LogP contribution >= 0.6 is 0 Å². The molecule has 0 aliphatic heterocycles. The lowest BCUT2D eigenvalue weighted by atomic mass is 10.1. The van der Waals surface area contributed by atoms with Crippen molar-refractivity contribution in [3.8, 4) is 6.07 Å². The maximum atomic E-state index is 12.0. The second-order valence-corrected chi connectivity index (χ2v) is 5.96. The number of nitrogens with one attached hydrogen (secondary N) is 1. The first-order valence-electron chi connectivity index (χ1n) is 6.04. The summed E-state index contributed by atoms with van der Waals surface area (Å²) in [6.45, 7) is 4.47. The molecule has 1 N–H and O–H groups in total. The molecule has 0 heterocycles. The Morgan fingerprint density at radius 2 is 2.11 bits per heavy atom. The Kier molecular flexibility index (Phi) is 5.96. The zero-order valence-electron chi connectivity index (χ0n) is 11.1. The Labute approximate surface area is 114 Å². The van der Waals surface area contributed by atoms with E-state index < -0.39 is 10.0 Å². The molecule has 0 amide bonds.